The van der Waals surface area contributed by atoms with Gasteiger partial charge in [-0.3, -0.25) is 4.79 Å². The van der Waals surface area contributed by atoms with Crippen LogP contribution in [0.1, 0.15) is 32.3 Å². The average molecular weight is 320 g/mol. The Balaban J connectivity index is 2.19. The van der Waals surface area contributed by atoms with Crippen LogP contribution in [0.15, 0.2) is 18.2 Å². The Hall–Kier alpha value is -1.75. The van der Waals surface area contributed by atoms with Crippen molar-refractivity contribution in [2.45, 2.75) is 32.1 Å². The van der Waals surface area contributed by atoms with E-state index in [-0.39, 0.29) is 5.91 Å². The molecule has 1 heterocycles. The van der Waals surface area contributed by atoms with Gasteiger partial charge in [0.2, 0.25) is 5.91 Å². The molecule has 0 saturated carbocycles. The molecule has 1 fully saturated rings. The van der Waals surface area contributed by atoms with Crippen LogP contribution in [-0.2, 0) is 10.2 Å². The normalized spacial score (nSPS) is 16.3. The van der Waals surface area contributed by atoms with Crippen LogP contribution in [0.25, 0.3) is 0 Å². The summed E-state index contributed by atoms with van der Waals surface area (Å²) in [7, 11) is 3.21. The highest BCUT2D eigenvalue weighted by atomic mass is 16.5. The number of hydrogen-bond donors (Lipinski definition) is 1. The van der Waals surface area contributed by atoms with Crippen molar-refractivity contribution in [1.82, 2.24) is 4.90 Å². The maximum atomic E-state index is 13.0. The molecular weight excluding hydrogens is 292 g/mol. The number of methoxy groups -OCH3 is 2. The van der Waals surface area contributed by atoms with Gasteiger partial charge in [-0.15, -0.1) is 0 Å². The summed E-state index contributed by atoms with van der Waals surface area (Å²) >= 11 is 0. The monoisotopic (exact) mass is 320 g/mol. The Morgan fingerprint density at radius 3 is 2.35 bits per heavy atom. The Labute approximate surface area is 138 Å². The smallest absolute Gasteiger partial charge is 0.232 e. The molecule has 1 saturated heterocycles. The number of rotatable bonds is 5. The fourth-order valence-electron chi connectivity index (χ4n) is 3.12. The lowest BCUT2D eigenvalue weighted by Crippen LogP contribution is -2.47. The van der Waals surface area contributed by atoms with Gasteiger partial charge in [-0.1, -0.05) is 6.07 Å². The van der Waals surface area contributed by atoms with Gasteiger partial charge in [-0.25, -0.2) is 0 Å². The molecule has 0 radical (unpaired) electrons. The van der Waals surface area contributed by atoms with E-state index in [1.165, 1.54) is 0 Å². The number of carbonyl (C=O) groups is 1. The molecule has 5 nitrogen and oxygen atoms in total. The molecule has 5 heteroatoms. The Morgan fingerprint density at radius 1 is 1.22 bits per heavy atom. The zero-order valence-electron chi connectivity index (χ0n) is 14.6. The van der Waals surface area contributed by atoms with Crippen LogP contribution >= 0.6 is 0 Å². The van der Waals surface area contributed by atoms with E-state index in [4.69, 9.17) is 15.2 Å². The van der Waals surface area contributed by atoms with Gasteiger partial charge in [0, 0.05) is 13.1 Å². The molecule has 0 aromatic heterocycles. The summed E-state index contributed by atoms with van der Waals surface area (Å²) in [4.78, 5) is 15.0. The van der Waals surface area contributed by atoms with Gasteiger partial charge in [0.1, 0.15) is 0 Å². The van der Waals surface area contributed by atoms with Gasteiger partial charge in [0.15, 0.2) is 11.5 Å². The number of piperidine rings is 1. The summed E-state index contributed by atoms with van der Waals surface area (Å²) < 4.78 is 10.6. The first-order valence-corrected chi connectivity index (χ1v) is 8.16. The highest BCUT2D eigenvalue weighted by Crippen LogP contribution is 2.34. The first-order chi connectivity index (χ1) is 10.9. The largest absolute Gasteiger partial charge is 0.493 e. The summed E-state index contributed by atoms with van der Waals surface area (Å²) in [6.07, 6.45) is 1.98. The van der Waals surface area contributed by atoms with Gasteiger partial charge in [0.25, 0.3) is 0 Å². The Bertz CT molecular complexity index is 549. The van der Waals surface area contributed by atoms with Crippen LogP contribution in [0, 0.1) is 5.92 Å². The minimum absolute atomic E-state index is 0.153. The van der Waals surface area contributed by atoms with Gasteiger partial charge < -0.3 is 20.1 Å². The van der Waals surface area contributed by atoms with E-state index < -0.39 is 5.41 Å². The van der Waals surface area contributed by atoms with Crippen LogP contribution in [0.3, 0.4) is 0 Å². The second-order valence-corrected chi connectivity index (χ2v) is 6.67. The first kappa shape index (κ1) is 17.6. The molecule has 0 unspecified atom stereocenters. The van der Waals surface area contributed by atoms with Crippen molar-refractivity contribution >= 4 is 5.91 Å². The topological polar surface area (TPSA) is 64.8 Å². The fraction of sp³-hybridized carbons (Fsp3) is 0.611. The molecule has 0 spiro atoms. The van der Waals surface area contributed by atoms with Crippen molar-refractivity contribution in [3.8, 4) is 11.5 Å². The Morgan fingerprint density at radius 2 is 1.83 bits per heavy atom. The second kappa shape index (κ2) is 7.21. The van der Waals surface area contributed by atoms with Crippen molar-refractivity contribution in [3.05, 3.63) is 23.8 Å². The van der Waals surface area contributed by atoms with Crippen LogP contribution in [-0.4, -0.2) is 44.7 Å². The molecule has 0 atom stereocenters. The highest BCUT2D eigenvalue weighted by molar-refractivity contribution is 5.87. The van der Waals surface area contributed by atoms with Crippen molar-refractivity contribution in [2.75, 3.05) is 33.9 Å². The molecule has 1 amide bonds. The van der Waals surface area contributed by atoms with Crippen LogP contribution in [0.5, 0.6) is 11.5 Å². The van der Waals surface area contributed by atoms with Crippen molar-refractivity contribution in [3.63, 3.8) is 0 Å². The Kier molecular flexibility index (Phi) is 5.52. The van der Waals surface area contributed by atoms with Gasteiger partial charge >= 0.3 is 0 Å². The van der Waals surface area contributed by atoms with E-state index in [2.05, 4.69) is 0 Å². The third-order valence-electron chi connectivity index (χ3n) is 4.87. The standard InChI is InChI=1S/C18H28N2O3/c1-18(2,14-5-6-15(22-3)16(11-14)23-4)17(21)20-9-7-13(12-19)8-10-20/h5-6,11,13H,7-10,12,19H2,1-4H3. The van der Waals surface area contributed by atoms with E-state index in [1.807, 2.05) is 36.9 Å². The summed E-state index contributed by atoms with van der Waals surface area (Å²) in [5.41, 5.74) is 6.06. The van der Waals surface area contributed by atoms with Crippen molar-refractivity contribution in [1.29, 1.82) is 0 Å². The zero-order valence-corrected chi connectivity index (χ0v) is 14.6. The average Bonchev–Trinajstić information content (AvgIpc) is 2.60. The van der Waals surface area contributed by atoms with E-state index in [0.29, 0.717) is 24.0 Å². The predicted molar refractivity (Wildman–Crippen MR) is 90.9 cm³/mol. The van der Waals surface area contributed by atoms with E-state index in [0.717, 1.165) is 31.5 Å². The maximum absolute atomic E-state index is 13.0. The summed E-state index contributed by atoms with van der Waals surface area (Å²) in [5.74, 6) is 2.01. The number of nitrogens with zero attached hydrogens (tertiary/aromatic N) is 1. The van der Waals surface area contributed by atoms with Crippen LogP contribution in [0.4, 0.5) is 0 Å². The lowest BCUT2D eigenvalue weighted by molar-refractivity contribution is -0.137. The number of hydrogen-bond acceptors (Lipinski definition) is 4. The fourth-order valence-corrected chi connectivity index (χ4v) is 3.12. The molecular formula is C18H28N2O3. The van der Waals surface area contributed by atoms with E-state index in [1.54, 1.807) is 14.2 Å². The predicted octanol–water partition coefficient (Wildman–Crippen LogP) is 2.18. The minimum Gasteiger partial charge on any atom is -0.493 e. The molecule has 0 bridgehead atoms. The SMILES string of the molecule is COc1ccc(C(C)(C)C(=O)N2CCC(CN)CC2)cc1OC. The van der Waals surface area contributed by atoms with E-state index >= 15 is 0 Å². The highest BCUT2D eigenvalue weighted by Gasteiger charge is 2.35. The molecule has 2 N–H and O–H groups in total. The molecule has 1 aliphatic heterocycles. The third kappa shape index (κ3) is 3.61. The molecule has 2 rings (SSSR count). The number of likely N-dealkylation sites (tertiary alicyclic amines) is 1. The number of nitrogens with two attached hydrogens (primary N) is 1. The lowest BCUT2D eigenvalue weighted by Gasteiger charge is -2.37. The first-order valence-electron chi connectivity index (χ1n) is 8.16. The molecule has 1 aliphatic rings. The quantitative estimate of drug-likeness (QED) is 0.903. The number of amides is 1. The minimum atomic E-state index is -0.602. The zero-order chi connectivity index (χ0) is 17.0. The van der Waals surface area contributed by atoms with Crippen molar-refractivity contribution in [2.24, 2.45) is 11.7 Å². The van der Waals surface area contributed by atoms with Crippen molar-refractivity contribution < 1.29 is 14.3 Å². The third-order valence-corrected chi connectivity index (χ3v) is 4.87. The lowest BCUT2D eigenvalue weighted by atomic mass is 9.82. The maximum Gasteiger partial charge on any atom is 0.232 e. The molecule has 1 aromatic rings. The molecule has 0 aliphatic carbocycles. The van der Waals surface area contributed by atoms with Gasteiger partial charge in [-0.2, -0.15) is 0 Å². The summed E-state index contributed by atoms with van der Waals surface area (Å²) in [6, 6.07) is 5.68. The second-order valence-electron chi connectivity index (χ2n) is 6.67. The molecule has 128 valence electrons. The van der Waals surface area contributed by atoms with Crippen LogP contribution < -0.4 is 15.2 Å². The van der Waals surface area contributed by atoms with Crippen LogP contribution in [0.2, 0.25) is 0 Å². The molecule has 1 aromatic carbocycles. The van der Waals surface area contributed by atoms with Gasteiger partial charge in [0.05, 0.1) is 19.6 Å². The van der Waals surface area contributed by atoms with Gasteiger partial charge in [-0.05, 0) is 56.8 Å². The van der Waals surface area contributed by atoms with E-state index in [9.17, 15) is 4.79 Å². The number of benzene rings is 1. The number of ether oxygens (including phenoxy) is 2. The summed E-state index contributed by atoms with van der Waals surface area (Å²) in [5, 5.41) is 0. The summed E-state index contributed by atoms with van der Waals surface area (Å²) in [6.45, 7) is 6.22. The molecule has 23 heavy (non-hydrogen) atoms. The number of carbonyl (C=O) groups excluding carboxylic acids is 1.